The van der Waals surface area contributed by atoms with Crippen molar-refractivity contribution in [2.24, 2.45) is 5.92 Å². The van der Waals surface area contributed by atoms with E-state index in [2.05, 4.69) is 10.5 Å². The third-order valence-electron chi connectivity index (χ3n) is 2.93. The number of aryl methyl sites for hydroxylation is 1. The van der Waals surface area contributed by atoms with Crippen LogP contribution in [-0.2, 0) is 4.79 Å². The molecule has 0 amide bonds. The van der Waals surface area contributed by atoms with E-state index in [1.807, 2.05) is 6.92 Å². The summed E-state index contributed by atoms with van der Waals surface area (Å²) in [6.45, 7) is 2.39. The first-order valence-corrected chi connectivity index (χ1v) is 5.06. The average Bonchev–Trinajstić information content (AvgIpc) is 2.65. The molecular weight excluding hydrogens is 196 g/mol. The molecule has 82 valence electrons. The van der Waals surface area contributed by atoms with Crippen molar-refractivity contribution in [3.05, 3.63) is 17.5 Å². The first-order chi connectivity index (χ1) is 7.18. The van der Waals surface area contributed by atoms with Crippen molar-refractivity contribution in [3.63, 3.8) is 0 Å². The van der Waals surface area contributed by atoms with E-state index in [9.17, 15) is 4.79 Å². The van der Waals surface area contributed by atoms with Crippen LogP contribution in [0.15, 0.2) is 10.7 Å². The molecule has 2 atom stereocenters. The van der Waals surface area contributed by atoms with E-state index in [0.717, 1.165) is 17.7 Å². The first-order valence-electron chi connectivity index (χ1n) is 5.06. The number of aliphatic carboxylic acids is 1. The molecular formula is C10H14N2O3. The monoisotopic (exact) mass is 210 g/mol. The van der Waals surface area contributed by atoms with Crippen molar-refractivity contribution in [2.45, 2.75) is 25.8 Å². The highest BCUT2D eigenvalue weighted by molar-refractivity contribution is 5.70. The van der Waals surface area contributed by atoms with Gasteiger partial charge in [0.15, 0.2) is 0 Å². The topological polar surface area (TPSA) is 75.4 Å². The fourth-order valence-corrected chi connectivity index (χ4v) is 1.97. The minimum absolute atomic E-state index is 0.187. The predicted octanol–water partition coefficient (Wildman–Crippen LogP) is 1.11. The molecule has 1 aliphatic rings. The maximum atomic E-state index is 10.7. The number of rotatable bonds is 2. The van der Waals surface area contributed by atoms with Crippen LogP contribution in [-0.4, -0.2) is 22.8 Å². The summed E-state index contributed by atoms with van der Waals surface area (Å²) in [4.78, 5) is 10.7. The SMILES string of the molecule is Cc1oncc1C1CCC(C(=O)O)CN1. The molecule has 1 aliphatic heterocycles. The molecule has 0 saturated carbocycles. The fourth-order valence-electron chi connectivity index (χ4n) is 1.97. The minimum atomic E-state index is -0.719. The molecule has 1 aromatic rings. The maximum absolute atomic E-state index is 10.7. The highest BCUT2D eigenvalue weighted by atomic mass is 16.5. The third kappa shape index (κ3) is 2.02. The summed E-state index contributed by atoms with van der Waals surface area (Å²) in [6, 6.07) is 0.187. The van der Waals surface area contributed by atoms with Gasteiger partial charge in [-0.25, -0.2) is 0 Å². The van der Waals surface area contributed by atoms with Gasteiger partial charge in [-0.15, -0.1) is 0 Å². The van der Waals surface area contributed by atoms with Crippen molar-refractivity contribution >= 4 is 5.97 Å². The van der Waals surface area contributed by atoms with Crippen molar-refractivity contribution in [3.8, 4) is 0 Å². The molecule has 1 fully saturated rings. The Bertz CT molecular complexity index is 353. The number of hydrogen-bond acceptors (Lipinski definition) is 4. The minimum Gasteiger partial charge on any atom is -0.481 e. The van der Waals surface area contributed by atoms with Gasteiger partial charge in [-0.1, -0.05) is 5.16 Å². The number of nitrogens with zero attached hydrogens (tertiary/aromatic N) is 1. The molecule has 0 aliphatic carbocycles. The van der Waals surface area contributed by atoms with E-state index in [1.54, 1.807) is 6.20 Å². The molecule has 1 saturated heterocycles. The van der Waals surface area contributed by atoms with Crippen LogP contribution in [0.5, 0.6) is 0 Å². The van der Waals surface area contributed by atoms with Crippen LogP contribution in [0, 0.1) is 12.8 Å². The second-order valence-electron chi connectivity index (χ2n) is 3.91. The van der Waals surface area contributed by atoms with Gasteiger partial charge in [0.05, 0.1) is 12.1 Å². The van der Waals surface area contributed by atoms with Gasteiger partial charge in [-0.2, -0.15) is 0 Å². The molecule has 5 nitrogen and oxygen atoms in total. The summed E-state index contributed by atoms with van der Waals surface area (Å²) in [7, 11) is 0. The summed E-state index contributed by atoms with van der Waals surface area (Å²) in [5, 5.41) is 15.8. The molecule has 5 heteroatoms. The lowest BCUT2D eigenvalue weighted by atomic mass is 9.91. The van der Waals surface area contributed by atoms with Crippen LogP contribution in [0.3, 0.4) is 0 Å². The Kier molecular flexibility index (Phi) is 2.73. The number of carboxylic acids is 1. The number of aromatic nitrogens is 1. The van der Waals surface area contributed by atoms with Crippen LogP contribution in [0.4, 0.5) is 0 Å². The summed E-state index contributed by atoms with van der Waals surface area (Å²) in [5.74, 6) is -0.175. The van der Waals surface area contributed by atoms with Gasteiger partial charge < -0.3 is 14.9 Å². The van der Waals surface area contributed by atoms with E-state index >= 15 is 0 Å². The molecule has 2 N–H and O–H groups in total. The Morgan fingerprint density at radius 2 is 2.47 bits per heavy atom. The van der Waals surface area contributed by atoms with Crippen LogP contribution in [0.25, 0.3) is 0 Å². The van der Waals surface area contributed by atoms with E-state index in [0.29, 0.717) is 13.0 Å². The molecule has 15 heavy (non-hydrogen) atoms. The molecule has 1 aromatic heterocycles. The van der Waals surface area contributed by atoms with Gasteiger partial charge in [0, 0.05) is 18.2 Å². The molecule has 2 unspecified atom stereocenters. The molecule has 0 bridgehead atoms. The van der Waals surface area contributed by atoms with Crippen molar-refractivity contribution in [1.29, 1.82) is 0 Å². The summed E-state index contributed by atoms with van der Waals surface area (Å²) < 4.78 is 4.99. The van der Waals surface area contributed by atoms with Crippen LogP contribution >= 0.6 is 0 Å². The van der Waals surface area contributed by atoms with Crippen LogP contribution < -0.4 is 5.32 Å². The van der Waals surface area contributed by atoms with Gasteiger partial charge in [-0.05, 0) is 19.8 Å². The van der Waals surface area contributed by atoms with Crippen molar-refractivity contribution in [1.82, 2.24) is 10.5 Å². The lowest BCUT2D eigenvalue weighted by molar-refractivity contribution is -0.142. The Morgan fingerprint density at radius 1 is 1.67 bits per heavy atom. The molecule has 0 spiro atoms. The van der Waals surface area contributed by atoms with E-state index in [1.165, 1.54) is 0 Å². The normalized spacial score (nSPS) is 26.5. The van der Waals surface area contributed by atoms with Crippen LogP contribution in [0.1, 0.15) is 30.2 Å². The highest BCUT2D eigenvalue weighted by Crippen LogP contribution is 2.27. The smallest absolute Gasteiger partial charge is 0.307 e. The highest BCUT2D eigenvalue weighted by Gasteiger charge is 2.27. The lowest BCUT2D eigenvalue weighted by Crippen LogP contribution is -2.36. The third-order valence-corrected chi connectivity index (χ3v) is 2.93. The Hall–Kier alpha value is -1.36. The molecule has 2 rings (SSSR count). The lowest BCUT2D eigenvalue weighted by Gasteiger charge is -2.26. The fraction of sp³-hybridized carbons (Fsp3) is 0.600. The first kappa shape index (κ1) is 10.2. The van der Waals surface area contributed by atoms with E-state index in [4.69, 9.17) is 9.63 Å². The van der Waals surface area contributed by atoms with Gasteiger partial charge in [0.2, 0.25) is 0 Å². The Morgan fingerprint density at radius 3 is 2.93 bits per heavy atom. The van der Waals surface area contributed by atoms with Crippen LogP contribution in [0.2, 0.25) is 0 Å². The van der Waals surface area contributed by atoms with Gasteiger partial charge >= 0.3 is 5.97 Å². The second kappa shape index (κ2) is 4.02. The number of piperidine rings is 1. The number of nitrogens with one attached hydrogen (secondary N) is 1. The van der Waals surface area contributed by atoms with Gasteiger partial charge in [0.1, 0.15) is 5.76 Å². The average molecular weight is 210 g/mol. The van der Waals surface area contributed by atoms with E-state index in [-0.39, 0.29) is 12.0 Å². The van der Waals surface area contributed by atoms with Gasteiger partial charge in [-0.3, -0.25) is 4.79 Å². The second-order valence-corrected chi connectivity index (χ2v) is 3.91. The number of carboxylic acid groups (broad SMARTS) is 1. The van der Waals surface area contributed by atoms with E-state index < -0.39 is 5.97 Å². The number of carbonyl (C=O) groups is 1. The Balaban J connectivity index is 2.00. The van der Waals surface area contributed by atoms with Gasteiger partial charge in [0.25, 0.3) is 0 Å². The van der Waals surface area contributed by atoms with Crippen molar-refractivity contribution in [2.75, 3.05) is 6.54 Å². The standard InChI is InChI=1S/C10H14N2O3/c1-6-8(5-12-15-6)9-3-2-7(4-11-9)10(13)14/h5,7,9,11H,2-4H2,1H3,(H,13,14). The molecule has 0 aromatic carbocycles. The zero-order chi connectivity index (χ0) is 10.8. The largest absolute Gasteiger partial charge is 0.481 e. The summed E-state index contributed by atoms with van der Waals surface area (Å²) in [5.41, 5.74) is 1.04. The maximum Gasteiger partial charge on any atom is 0.307 e. The summed E-state index contributed by atoms with van der Waals surface area (Å²) >= 11 is 0. The van der Waals surface area contributed by atoms with Crippen molar-refractivity contribution < 1.29 is 14.4 Å². The zero-order valence-corrected chi connectivity index (χ0v) is 8.56. The predicted molar refractivity (Wildman–Crippen MR) is 52.3 cm³/mol. The number of hydrogen-bond donors (Lipinski definition) is 2. The zero-order valence-electron chi connectivity index (χ0n) is 8.56. The Labute approximate surface area is 87.5 Å². The molecule has 2 heterocycles. The summed E-state index contributed by atoms with van der Waals surface area (Å²) in [6.07, 6.45) is 3.23. The quantitative estimate of drug-likeness (QED) is 0.764. The molecule has 0 radical (unpaired) electrons.